The first-order valence-corrected chi connectivity index (χ1v) is 14.8. The van der Waals surface area contributed by atoms with Crippen molar-refractivity contribution in [1.29, 1.82) is 0 Å². The molecule has 2 aromatic carbocycles. The van der Waals surface area contributed by atoms with Gasteiger partial charge in [0, 0.05) is 68.2 Å². The summed E-state index contributed by atoms with van der Waals surface area (Å²) >= 11 is 13.7. The summed E-state index contributed by atoms with van der Waals surface area (Å²) in [4.78, 5) is 12.5. The van der Waals surface area contributed by atoms with Gasteiger partial charge < -0.3 is 14.9 Å². The number of rotatable bonds is 8. The molecule has 1 atom stereocenters. The maximum absolute atomic E-state index is 14.4. The fourth-order valence-electron chi connectivity index (χ4n) is 5.60. The summed E-state index contributed by atoms with van der Waals surface area (Å²) in [5.74, 6) is -3.07. The van der Waals surface area contributed by atoms with E-state index in [4.69, 9.17) is 23.2 Å². The van der Waals surface area contributed by atoms with Crippen LogP contribution in [0.15, 0.2) is 91.2 Å². The minimum Gasteiger partial charge on any atom is -0.374 e. The number of nitrogens with zero attached hydrogens (tertiary/aromatic N) is 6. The van der Waals surface area contributed by atoms with Crippen molar-refractivity contribution in [3.63, 3.8) is 0 Å². The predicted molar refractivity (Wildman–Crippen MR) is 168 cm³/mol. The number of hydrogen-bond donors (Lipinski definition) is 1. The Kier molecular flexibility index (Phi) is 7.82. The number of aliphatic hydroxyl groups is 1. The van der Waals surface area contributed by atoms with Gasteiger partial charge in [0.15, 0.2) is 5.60 Å². The molecule has 1 aliphatic rings. The molecule has 44 heavy (non-hydrogen) atoms. The summed E-state index contributed by atoms with van der Waals surface area (Å²) in [6, 6.07) is 17.8. The molecule has 7 nitrogen and oxygen atoms in total. The van der Waals surface area contributed by atoms with E-state index in [1.54, 1.807) is 29.1 Å². The van der Waals surface area contributed by atoms with E-state index in [1.807, 2.05) is 66.6 Å². The molecule has 0 amide bonds. The van der Waals surface area contributed by atoms with Crippen LogP contribution >= 0.6 is 23.2 Å². The first-order chi connectivity index (χ1) is 21.0. The molecule has 1 N–H and O–H groups in total. The van der Waals surface area contributed by atoms with Gasteiger partial charge in [-0.2, -0.15) is 13.9 Å². The van der Waals surface area contributed by atoms with Crippen LogP contribution in [0.3, 0.4) is 0 Å². The minimum atomic E-state index is -3.07. The maximum Gasteiger partial charge on any atom is 0.289 e. The van der Waals surface area contributed by atoms with Crippen LogP contribution in [0.5, 0.6) is 0 Å². The quantitative estimate of drug-likeness (QED) is 0.183. The van der Waals surface area contributed by atoms with Crippen molar-refractivity contribution >= 4 is 34.1 Å². The lowest BCUT2D eigenvalue weighted by Gasteiger charge is -2.34. The molecule has 1 aliphatic heterocycles. The zero-order valence-corrected chi connectivity index (χ0v) is 25.9. The molecule has 0 aliphatic carbocycles. The lowest BCUT2D eigenvalue weighted by Crippen LogP contribution is -2.36. The van der Waals surface area contributed by atoms with Gasteiger partial charge in [0.1, 0.15) is 10.8 Å². The zero-order chi connectivity index (χ0) is 31.2. The molecule has 5 aromatic rings. The van der Waals surface area contributed by atoms with Crippen molar-refractivity contribution in [1.82, 2.24) is 29.5 Å². The minimum absolute atomic E-state index is 0.290. The molecule has 0 fully saturated rings. The Labute approximate surface area is 264 Å². The van der Waals surface area contributed by atoms with Gasteiger partial charge in [0.25, 0.3) is 5.92 Å². The Balaban J connectivity index is 1.43. The van der Waals surface area contributed by atoms with E-state index in [-0.39, 0.29) is 17.3 Å². The van der Waals surface area contributed by atoms with Crippen molar-refractivity contribution in [3.05, 3.63) is 129 Å². The number of benzene rings is 2. The van der Waals surface area contributed by atoms with Gasteiger partial charge in [-0.3, -0.25) is 4.98 Å². The number of halogens is 4. The van der Waals surface area contributed by atoms with E-state index in [1.165, 1.54) is 25.3 Å². The highest BCUT2D eigenvalue weighted by molar-refractivity contribution is 6.39. The molecule has 0 bridgehead atoms. The summed E-state index contributed by atoms with van der Waals surface area (Å²) < 4.78 is 30.6. The van der Waals surface area contributed by atoms with Gasteiger partial charge in [0.05, 0.1) is 28.6 Å². The third-order valence-electron chi connectivity index (χ3n) is 8.03. The maximum atomic E-state index is 14.4. The SMILES string of the molecule is CCC(F)(F)c1ccc(C(O)(C2=CN(C)CN2C)c2ccc3nc(Cl)c(Cc4ccc(-n5cccn5)cc4)c(Cl)c3c2)cn1. The first kappa shape index (κ1) is 30.0. The molecule has 0 saturated heterocycles. The average Bonchev–Trinajstić information content (AvgIpc) is 3.69. The number of alkyl halides is 2. The second-order valence-electron chi connectivity index (χ2n) is 11.0. The lowest BCUT2D eigenvalue weighted by atomic mass is 9.83. The molecular formula is C33H30Cl2F2N6O. The number of aromatic nitrogens is 4. The summed E-state index contributed by atoms with van der Waals surface area (Å²) in [6.45, 7) is 1.94. The number of hydrogen-bond acceptors (Lipinski definition) is 6. The smallest absolute Gasteiger partial charge is 0.289 e. The summed E-state index contributed by atoms with van der Waals surface area (Å²) in [5, 5.41) is 18.1. The van der Waals surface area contributed by atoms with E-state index in [9.17, 15) is 13.9 Å². The van der Waals surface area contributed by atoms with Crippen LogP contribution in [0.1, 0.15) is 41.3 Å². The van der Waals surface area contributed by atoms with Crippen molar-refractivity contribution in [2.75, 3.05) is 20.8 Å². The second kappa shape index (κ2) is 11.5. The molecule has 3 aromatic heterocycles. The van der Waals surface area contributed by atoms with Gasteiger partial charge in [-0.05, 0) is 47.5 Å². The van der Waals surface area contributed by atoms with Crippen LogP contribution in [0, 0.1) is 0 Å². The average molecular weight is 636 g/mol. The van der Waals surface area contributed by atoms with E-state index in [2.05, 4.69) is 15.1 Å². The first-order valence-electron chi connectivity index (χ1n) is 14.1. The molecule has 1 unspecified atom stereocenters. The summed E-state index contributed by atoms with van der Waals surface area (Å²) in [5.41, 5.74) is 2.43. The highest BCUT2D eigenvalue weighted by atomic mass is 35.5. The second-order valence-corrected chi connectivity index (χ2v) is 11.8. The lowest BCUT2D eigenvalue weighted by molar-refractivity contribution is -0.0130. The number of fused-ring (bicyclic) bond motifs is 1. The molecule has 4 heterocycles. The van der Waals surface area contributed by atoms with Gasteiger partial charge in [0.2, 0.25) is 0 Å². The number of pyridine rings is 2. The fourth-order valence-corrected chi connectivity index (χ4v) is 6.21. The van der Waals surface area contributed by atoms with Crippen LogP contribution < -0.4 is 0 Å². The van der Waals surface area contributed by atoms with Crippen LogP contribution in [0.2, 0.25) is 10.2 Å². The predicted octanol–water partition coefficient (Wildman–Crippen LogP) is 7.13. The van der Waals surface area contributed by atoms with Gasteiger partial charge in [-0.25, -0.2) is 9.67 Å². The van der Waals surface area contributed by atoms with Crippen molar-refractivity contribution in [2.45, 2.75) is 31.3 Å². The Morgan fingerprint density at radius 3 is 2.36 bits per heavy atom. The summed E-state index contributed by atoms with van der Waals surface area (Å²) in [6.07, 6.45) is 6.80. The van der Waals surface area contributed by atoms with E-state index in [0.29, 0.717) is 51.4 Å². The topological polar surface area (TPSA) is 70.3 Å². The highest BCUT2D eigenvalue weighted by Crippen LogP contribution is 2.43. The van der Waals surface area contributed by atoms with Crippen LogP contribution in [-0.2, 0) is 17.9 Å². The Morgan fingerprint density at radius 1 is 1.00 bits per heavy atom. The van der Waals surface area contributed by atoms with E-state index in [0.717, 1.165) is 11.3 Å². The Bertz CT molecular complexity index is 1850. The van der Waals surface area contributed by atoms with Gasteiger partial charge in [-0.15, -0.1) is 0 Å². The van der Waals surface area contributed by atoms with Gasteiger partial charge in [-0.1, -0.05) is 54.4 Å². The zero-order valence-electron chi connectivity index (χ0n) is 24.3. The largest absolute Gasteiger partial charge is 0.374 e. The molecular weight excluding hydrogens is 605 g/mol. The monoisotopic (exact) mass is 634 g/mol. The van der Waals surface area contributed by atoms with Crippen molar-refractivity contribution < 1.29 is 13.9 Å². The molecule has 6 rings (SSSR count). The van der Waals surface area contributed by atoms with E-state index < -0.39 is 11.5 Å². The van der Waals surface area contributed by atoms with Crippen molar-refractivity contribution in [3.8, 4) is 5.69 Å². The normalized spacial score (nSPS) is 15.1. The molecule has 0 saturated carbocycles. The molecule has 11 heteroatoms. The molecule has 0 spiro atoms. The summed E-state index contributed by atoms with van der Waals surface area (Å²) in [7, 11) is 3.75. The third kappa shape index (κ3) is 5.29. The molecule has 0 radical (unpaired) electrons. The van der Waals surface area contributed by atoms with Crippen molar-refractivity contribution in [2.24, 2.45) is 0 Å². The van der Waals surface area contributed by atoms with Crippen LogP contribution in [-0.4, -0.2) is 55.4 Å². The highest BCUT2D eigenvalue weighted by Gasteiger charge is 2.42. The number of likely N-dealkylation sites (N-methyl/N-ethyl adjacent to an activating group) is 1. The molecule has 226 valence electrons. The Morgan fingerprint density at radius 2 is 1.75 bits per heavy atom. The Hall–Kier alpha value is -4.05. The third-order valence-corrected chi connectivity index (χ3v) is 8.77. The van der Waals surface area contributed by atoms with Gasteiger partial charge >= 0.3 is 0 Å². The van der Waals surface area contributed by atoms with Crippen LogP contribution in [0.25, 0.3) is 16.6 Å². The van der Waals surface area contributed by atoms with E-state index >= 15 is 0 Å². The van der Waals surface area contributed by atoms with Crippen LogP contribution in [0.4, 0.5) is 8.78 Å². The fraction of sp³-hybridized carbons (Fsp3) is 0.242. The standard InChI is InChI=1S/C33H30Cl2F2N6O/c1-4-32(36,37)28-13-9-23(18-38-28)33(44,29-19-41(2)20-42(29)3)22-8-12-27-25(17-22)30(34)26(31(35)40-27)16-21-6-10-24(11-7-21)43-15-5-14-39-43/h5-15,17-19,44H,4,16,20H2,1-3H3.